The summed E-state index contributed by atoms with van der Waals surface area (Å²) in [7, 11) is 0. The topological polar surface area (TPSA) is 70.1 Å². The van der Waals surface area contributed by atoms with Gasteiger partial charge >= 0.3 is 6.03 Å². The molecule has 0 fully saturated rings. The van der Waals surface area contributed by atoms with Crippen molar-refractivity contribution >= 4 is 6.03 Å². The zero-order chi connectivity index (χ0) is 14.5. The van der Waals surface area contributed by atoms with E-state index in [4.69, 9.17) is 10.5 Å². The highest BCUT2D eigenvalue weighted by atomic mass is 16.5. The average Bonchev–Trinajstić information content (AvgIpc) is 2.86. The van der Waals surface area contributed by atoms with Crippen molar-refractivity contribution in [3.63, 3.8) is 0 Å². The van der Waals surface area contributed by atoms with Crippen LogP contribution in [0.3, 0.4) is 0 Å². The smallest absolute Gasteiger partial charge is 0.324 e. The van der Waals surface area contributed by atoms with E-state index in [1.807, 2.05) is 24.3 Å². The predicted molar refractivity (Wildman–Crippen MR) is 76.8 cm³/mol. The van der Waals surface area contributed by atoms with Crippen molar-refractivity contribution in [1.29, 1.82) is 0 Å². The van der Waals surface area contributed by atoms with Gasteiger partial charge in [0.15, 0.2) is 0 Å². The van der Waals surface area contributed by atoms with Crippen LogP contribution in [0.1, 0.15) is 25.2 Å². The Hall–Kier alpha value is -2.30. The summed E-state index contributed by atoms with van der Waals surface area (Å²) in [5.41, 5.74) is 6.32. The maximum Gasteiger partial charge on any atom is 0.324 e. The van der Waals surface area contributed by atoms with Gasteiger partial charge in [0.25, 0.3) is 0 Å². The average molecular weight is 273 g/mol. The molecule has 2 N–H and O–H groups in total. The lowest BCUT2D eigenvalue weighted by atomic mass is 10.1. The number of nitrogens with zero attached hydrogens (tertiary/aromatic N) is 2. The first-order valence-corrected chi connectivity index (χ1v) is 6.60. The molecule has 1 aromatic carbocycles. The van der Waals surface area contributed by atoms with Crippen LogP contribution in [0.25, 0.3) is 0 Å². The molecule has 0 atom stereocenters. The van der Waals surface area contributed by atoms with E-state index in [0.717, 1.165) is 11.3 Å². The number of hydrogen-bond donors (Lipinski definition) is 1. The Labute approximate surface area is 118 Å². The number of carbonyl (C=O) groups excluding carboxylic acids is 1. The summed E-state index contributed by atoms with van der Waals surface area (Å²) in [6.45, 7) is 4.92. The van der Waals surface area contributed by atoms with Gasteiger partial charge in [-0.05, 0) is 23.6 Å². The Balaban J connectivity index is 2.03. The fraction of sp³-hybridized carbons (Fsp3) is 0.333. The zero-order valence-electron chi connectivity index (χ0n) is 11.7. The summed E-state index contributed by atoms with van der Waals surface area (Å²) < 4.78 is 6.98. The fourth-order valence-electron chi connectivity index (χ4n) is 1.81. The highest BCUT2D eigenvalue weighted by Crippen LogP contribution is 2.15. The van der Waals surface area contributed by atoms with Gasteiger partial charge in [0.2, 0.25) is 0 Å². The highest BCUT2D eigenvalue weighted by Gasteiger charge is 2.08. The van der Waals surface area contributed by atoms with E-state index in [2.05, 4.69) is 18.8 Å². The number of benzene rings is 1. The molecule has 0 unspecified atom stereocenters. The number of aromatic nitrogens is 2. The molecule has 2 rings (SSSR count). The van der Waals surface area contributed by atoms with Crippen LogP contribution < -0.4 is 10.5 Å². The van der Waals surface area contributed by atoms with Crippen molar-refractivity contribution in [2.45, 2.75) is 20.3 Å². The molecule has 1 aromatic heterocycles. The van der Waals surface area contributed by atoms with E-state index < -0.39 is 6.03 Å². The van der Waals surface area contributed by atoms with Crippen LogP contribution >= 0.6 is 0 Å². The van der Waals surface area contributed by atoms with E-state index in [1.54, 1.807) is 12.4 Å². The van der Waals surface area contributed by atoms with Gasteiger partial charge in [0.05, 0.1) is 6.61 Å². The summed E-state index contributed by atoms with van der Waals surface area (Å²) in [5, 5.41) is 0. The van der Waals surface area contributed by atoms with Gasteiger partial charge in [-0.3, -0.25) is 4.57 Å². The van der Waals surface area contributed by atoms with Gasteiger partial charge in [-0.25, -0.2) is 9.78 Å². The Morgan fingerprint density at radius 3 is 2.65 bits per heavy atom. The third-order valence-electron chi connectivity index (χ3n) is 2.82. The lowest BCUT2D eigenvalue weighted by Crippen LogP contribution is -2.21. The fourth-order valence-corrected chi connectivity index (χ4v) is 1.81. The van der Waals surface area contributed by atoms with Crippen molar-refractivity contribution in [3.8, 4) is 5.75 Å². The Morgan fingerprint density at radius 2 is 2.05 bits per heavy atom. The summed E-state index contributed by atoms with van der Waals surface area (Å²) in [4.78, 5) is 15.3. The maximum absolute atomic E-state index is 11.2. The van der Waals surface area contributed by atoms with Crippen molar-refractivity contribution in [3.05, 3.63) is 48.0 Å². The van der Waals surface area contributed by atoms with E-state index >= 15 is 0 Å². The van der Waals surface area contributed by atoms with Gasteiger partial charge in [-0.2, -0.15) is 0 Å². The zero-order valence-corrected chi connectivity index (χ0v) is 11.7. The van der Waals surface area contributed by atoms with Crippen LogP contribution in [0.5, 0.6) is 5.75 Å². The molecule has 0 saturated carbocycles. The van der Waals surface area contributed by atoms with Gasteiger partial charge in [0, 0.05) is 18.8 Å². The summed E-state index contributed by atoms with van der Waals surface area (Å²) >= 11 is 0. The molecule has 1 heterocycles. The van der Waals surface area contributed by atoms with E-state index in [0.29, 0.717) is 24.8 Å². The SMILES string of the molecule is CC(C)COc1ccc(Cc2nccn2C(N)=O)cc1. The number of ether oxygens (including phenoxy) is 1. The van der Waals surface area contributed by atoms with Crippen molar-refractivity contribution in [2.75, 3.05) is 6.61 Å². The second-order valence-electron chi connectivity index (χ2n) is 5.08. The van der Waals surface area contributed by atoms with Crippen molar-refractivity contribution in [1.82, 2.24) is 9.55 Å². The van der Waals surface area contributed by atoms with Crippen LogP contribution in [0.4, 0.5) is 4.79 Å². The number of primary amides is 1. The molecule has 5 heteroatoms. The monoisotopic (exact) mass is 273 g/mol. The molecule has 0 saturated heterocycles. The van der Waals surface area contributed by atoms with E-state index in [-0.39, 0.29) is 0 Å². The van der Waals surface area contributed by atoms with Crippen molar-refractivity contribution in [2.24, 2.45) is 11.7 Å². The molecule has 106 valence electrons. The first kappa shape index (κ1) is 14.1. The number of nitrogens with two attached hydrogens (primary N) is 1. The maximum atomic E-state index is 11.2. The predicted octanol–water partition coefficient (Wildman–Crippen LogP) is 2.44. The molecule has 0 spiro atoms. The quantitative estimate of drug-likeness (QED) is 0.909. The molecular formula is C15H19N3O2. The molecule has 1 amide bonds. The van der Waals surface area contributed by atoms with Crippen LogP contribution in [0.2, 0.25) is 0 Å². The standard InChI is InChI=1S/C15H19N3O2/c1-11(2)10-20-13-5-3-12(4-6-13)9-14-17-7-8-18(14)15(16)19/h3-8,11H,9-10H2,1-2H3,(H2,16,19). The van der Waals surface area contributed by atoms with Gasteiger partial charge in [0.1, 0.15) is 11.6 Å². The molecule has 0 aliphatic carbocycles. The summed E-state index contributed by atoms with van der Waals surface area (Å²) in [6.07, 6.45) is 3.69. The largest absolute Gasteiger partial charge is 0.493 e. The minimum absolute atomic E-state index is 0.498. The molecule has 20 heavy (non-hydrogen) atoms. The molecular weight excluding hydrogens is 254 g/mol. The summed E-state index contributed by atoms with van der Waals surface area (Å²) in [6, 6.07) is 7.27. The van der Waals surface area contributed by atoms with E-state index in [9.17, 15) is 4.79 Å². The van der Waals surface area contributed by atoms with Crippen LogP contribution in [0, 0.1) is 5.92 Å². The number of imidazole rings is 1. The normalized spacial score (nSPS) is 10.8. The Bertz CT molecular complexity index is 573. The lowest BCUT2D eigenvalue weighted by molar-refractivity contribution is 0.249. The molecule has 0 radical (unpaired) electrons. The van der Waals surface area contributed by atoms with Gasteiger partial charge < -0.3 is 10.5 Å². The molecule has 5 nitrogen and oxygen atoms in total. The van der Waals surface area contributed by atoms with Crippen LogP contribution in [-0.2, 0) is 6.42 Å². The van der Waals surface area contributed by atoms with Gasteiger partial charge in [-0.15, -0.1) is 0 Å². The first-order chi connectivity index (χ1) is 9.56. The molecule has 0 aliphatic heterocycles. The highest BCUT2D eigenvalue weighted by molar-refractivity contribution is 5.75. The van der Waals surface area contributed by atoms with Gasteiger partial charge in [-0.1, -0.05) is 26.0 Å². The number of rotatable bonds is 5. The Kier molecular flexibility index (Phi) is 4.40. The second kappa shape index (κ2) is 6.23. The van der Waals surface area contributed by atoms with Crippen LogP contribution in [0.15, 0.2) is 36.7 Å². The number of hydrogen-bond acceptors (Lipinski definition) is 3. The second-order valence-corrected chi connectivity index (χ2v) is 5.08. The molecule has 2 aromatic rings. The molecule has 0 aliphatic rings. The minimum atomic E-state index is -0.519. The Morgan fingerprint density at radius 1 is 1.35 bits per heavy atom. The van der Waals surface area contributed by atoms with Crippen LogP contribution in [-0.4, -0.2) is 22.2 Å². The third kappa shape index (κ3) is 3.60. The third-order valence-corrected chi connectivity index (χ3v) is 2.82. The summed E-state index contributed by atoms with van der Waals surface area (Å²) in [5.74, 6) is 1.98. The number of amides is 1. The van der Waals surface area contributed by atoms with Crippen molar-refractivity contribution < 1.29 is 9.53 Å². The first-order valence-electron chi connectivity index (χ1n) is 6.60. The van der Waals surface area contributed by atoms with E-state index in [1.165, 1.54) is 4.57 Å². The molecule has 0 bridgehead atoms. The number of carbonyl (C=O) groups is 1. The lowest BCUT2D eigenvalue weighted by Gasteiger charge is -2.09. The minimum Gasteiger partial charge on any atom is -0.493 e.